The fourth-order valence-electron chi connectivity index (χ4n) is 3.56. The molecule has 0 aliphatic carbocycles. The van der Waals surface area contributed by atoms with Crippen LogP contribution in [0.25, 0.3) is 0 Å². The van der Waals surface area contributed by atoms with E-state index in [9.17, 15) is 4.79 Å². The van der Waals surface area contributed by atoms with Gasteiger partial charge in [0, 0.05) is 37.6 Å². The van der Waals surface area contributed by atoms with Crippen molar-refractivity contribution in [2.75, 3.05) is 31.1 Å². The number of amides is 1. The molecular formula is C18H20N4O2. The van der Waals surface area contributed by atoms with Crippen LogP contribution in [0.4, 0.5) is 5.82 Å². The summed E-state index contributed by atoms with van der Waals surface area (Å²) >= 11 is 0. The van der Waals surface area contributed by atoms with Gasteiger partial charge in [-0.3, -0.25) is 9.78 Å². The van der Waals surface area contributed by atoms with Crippen LogP contribution in [0.3, 0.4) is 0 Å². The number of carbonyl (C=O) groups excluding carboxylic acids is 1. The zero-order chi connectivity index (χ0) is 16.5. The maximum atomic E-state index is 12.9. The average Bonchev–Trinajstić information content (AvgIpc) is 3.06. The van der Waals surface area contributed by atoms with Crippen LogP contribution < -0.4 is 4.90 Å². The molecule has 3 heterocycles. The Kier molecular flexibility index (Phi) is 3.90. The van der Waals surface area contributed by atoms with Crippen LogP contribution in [0.2, 0.25) is 0 Å². The molecule has 6 heteroatoms. The molecule has 2 saturated heterocycles. The molecule has 4 rings (SSSR count). The van der Waals surface area contributed by atoms with Gasteiger partial charge in [0.1, 0.15) is 5.82 Å². The molecule has 0 N–H and O–H groups in total. The molecule has 0 saturated carbocycles. The summed E-state index contributed by atoms with van der Waals surface area (Å²) in [6, 6.07) is 7.85. The van der Waals surface area contributed by atoms with Crippen LogP contribution in [-0.4, -0.2) is 59.2 Å². The van der Waals surface area contributed by atoms with E-state index in [2.05, 4.69) is 14.9 Å². The first kappa shape index (κ1) is 15.1. The smallest absolute Gasteiger partial charge is 0.254 e. The normalized spacial score (nSPS) is 23.2. The lowest BCUT2D eigenvalue weighted by Gasteiger charge is -2.37. The van der Waals surface area contributed by atoms with E-state index in [-0.39, 0.29) is 18.1 Å². The molecule has 1 aromatic heterocycles. The SMILES string of the molecule is Cc1ccccc1C(=O)N1C[C@@H]2OCCN(c3cnccn3)[C@@H]2C1. The molecule has 0 bridgehead atoms. The number of rotatable bonds is 2. The van der Waals surface area contributed by atoms with E-state index >= 15 is 0 Å². The Labute approximate surface area is 141 Å². The highest BCUT2D eigenvalue weighted by molar-refractivity contribution is 5.96. The molecule has 124 valence electrons. The van der Waals surface area contributed by atoms with Crippen molar-refractivity contribution in [2.45, 2.75) is 19.1 Å². The van der Waals surface area contributed by atoms with E-state index < -0.39 is 0 Å². The topological polar surface area (TPSA) is 58.6 Å². The van der Waals surface area contributed by atoms with Crippen LogP contribution in [0, 0.1) is 6.92 Å². The molecule has 0 radical (unpaired) electrons. The summed E-state index contributed by atoms with van der Waals surface area (Å²) in [5.74, 6) is 0.922. The van der Waals surface area contributed by atoms with Crippen molar-refractivity contribution in [3.05, 3.63) is 54.0 Å². The minimum atomic E-state index is 0.0220. The summed E-state index contributed by atoms with van der Waals surface area (Å²) < 4.78 is 5.92. The van der Waals surface area contributed by atoms with Gasteiger partial charge in [-0.05, 0) is 18.6 Å². The number of hydrogen-bond donors (Lipinski definition) is 0. The van der Waals surface area contributed by atoms with Gasteiger partial charge in [-0.1, -0.05) is 18.2 Å². The van der Waals surface area contributed by atoms with Crippen LogP contribution in [0.5, 0.6) is 0 Å². The zero-order valence-electron chi connectivity index (χ0n) is 13.6. The van der Waals surface area contributed by atoms with Crippen LogP contribution in [0.1, 0.15) is 15.9 Å². The Bertz CT molecular complexity index is 737. The molecule has 1 aromatic carbocycles. The number of hydrogen-bond acceptors (Lipinski definition) is 5. The van der Waals surface area contributed by atoms with Crippen LogP contribution in [-0.2, 0) is 4.74 Å². The third-order valence-corrected chi connectivity index (χ3v) is 4.81. The van der Waals surface area contributed by atoms with E-state index in [0.717, 1.165) is 23.5 Å². The van der Waals surface area contributed by atoms with Gasteiger partial charge in [0.2, 0.25) is 0 Å². The zero-order valence-corrected chi connectivity index (χ0v) is 13.6. The number of benzene rings is 1. The predicted molar refractivity (Wildman–Crippen MR) is 90.0 cm³/mol. The molecule has 0 spiro atoms. The molecular weight excluding hydrogens is 304 g/mol. The Morgan fingerprint density at radius 2 is 2.12 bits per heavy atom. The fourth-order valence-corrected chi connectivity index (χ4v) is 3.56. The number of likely N-dealkylation sites (tertiary alicyclic amines) is 1. The minimum Gasteiger partial charge on any atom is -0.372 e. The summed E-state index contributed by atoms with van der Waals surface area (Å²) in [6.45, 7) is 4.65. The second-order valence-electron chi connectivity index (χ2n) is 6.26. The first-order valence-electron chi connectivity index (χ1n) is 8.23. The Morgan fingerprint density at radius 3 is 2.92 bits per heavy atom. The highest BCUT2D eigenvalue weighted by Gasteiger charge is 2.42. The number of anilines is 1. The van der Waals surface area contributed by atoms with Gasteiger partial charge in [-0.15, -0.1) is 0 Å². The summed E-state index contributed by atoms with van der Waals surface area (Å²) in [5.41, 5.74) is 1.77. The van der Waals surface area contributed by atoms with Gasteiger partial charge in [-0.25, -0.2) is 4.98 Å². The Hall–Kier alpha value is -2.47. The van der Waals surface area contributed by atoms with Crippen molar-refractivity contribution in [1.29, 1.82) is 0 Å². The monoisotopic (exact) mass is 324 g/mol. The molecule has 6 nitrogen and oxygen atoms in total. The Morgan fingerprint density at radius 1 is 1.25 bits per heavy atom. The second kappa shape index (κ2) is 6.20. The number of aromatic nitrogens is 2. The van der Waals surface area contributed by atoms with Crippen LogP contribution >= 0.6 is 0 Å². The van der Waals surface area contributed by atoms with Gasteiger partial charge in [0.05, 0.1) is 24.9 Å². The number of aryl methyl sites for hydroxylation is 1. The van der Waals surface area contributed by atoms with Gasteiger partial charge < -0.3 is 14.5 Å². The number of carbonyl (C=O) groups is 1. The second-order valence-corrected chi connectivity index (χ2v) is 6.26. The van der Waals surface area contributed by atoms with E-state index in [1.165, 1.54) is 0 Å². The van der Waals surface area contributed by atoms with E-state index in [4.69, 9.17) is 4.74 Å². The quantitative estimate of drug-likeness (QED) is 0.838. The van der Waals surface area contributed by atoms with Gasteiger partial charge in [0.25, 0.3) is 5.91 Å². The van der Waals surface area contributed by atoms with Crippen molar-refractivity contribution in [1.82, 2.24) is 14.9 Å². The largest absolute Gasteiger partial charge is 0.372 e. The maximum Gasteiger partial charge on any atom is 0.254 e. The highest BCUT2D eigenvalue weighted by Crippen LogP contribution is 2.27. The van der Waals surface area contributed by atoms with Crippen molar-refractivity contribution < 1.29 is 9.53 Å². The molecule has 0 unspecified atom stereocenters. The highest BCUT2D eigenvalue weighted by atomic mass is 16.5. The van der Waals surface area contributed by atoms with E-state index in [1.54, 1.807) is 18.6 Å². The van der Waals surface area contributed by atoms with E-state index in [0.29, 0.717) is 19.7 Å². The van der Waals surface area contributed by atoms with Crippen molar-refractivity contribution in [2.24, 2.45) is 0 Å². The number of morpholine rings is 1. The fraction of sp³-hybridized carbons (Fsp3) is 0.389. The average molecular weight is 324 g/mol. The lowest BCUT2D eigenvalue weighted by Crippen LogP contribution is -2.51. The molecule has 24 heavy (non-hydrogen) atoms. The van der Waals surface area contributed by atoms with Crippen molar-refractivity contribution in [3.8, 4) is 0 Å². The van der Waals surface area contributed by atoms with E-state index in [1.807, 2.05) is 36.1 Å². The summed E-state index contributed by atoms with van der Waals surface area (Å²) in [5, 5.41) is 0. The Balaban J connectivity index is 1.56. The standard InChI is InChI=1S/C18H20N4O2/c1-13-4-2-3-5-14(13)18(23)21-11-15-16(12-21)24-9-8-22(15)17-10-19-6-7-20-17/h2-7,10,15-16H,8-9,11-12H2,1H3/t15-,16+/m1/s1. The third kappa shape index (κ3) is 2.63. The number of ether oxygens (including phenoxy) is 1. The third-order valence-electron chi connectivity index (χ3n) is 4.81. The molecule has 2 atom stereocenters. The summed E-state index contributed by atoms with van der Waals surface area (Å²) in [6.07, 6.45) is 5.16. The first-order chi connectivity index (χ1) is 11.7. The summed E-state index contributed by atoms with van der Waals surface area (Å²) in [4.78, 5) is 25.6. The lowest BCUT2D eigenvalue weighted by molar-refractivity contribution is 0.0299. The predicted octanol–water partition coefficient (Wildman–Crippen LogP) is 1.51. The van der Waals surface area contributed by atoms with Gasteiger partial charge in [0.15, 0.2) is 0 Å². The van der Waals surface area contributed by atoms with Gasteiger partial charge >= 0.3 is 0 Å². The lowest BCUT2D eigenvalue weighted by atomic mass is 10.1. The maximum absolute atomic E-state index is 12.9. The molecule has 2 fully saturated rings. The number of nitrogens with zero attached hydrogens (tertiary/aromatic N) is 4. The molecule has 2 aromatic rings. The molecule has 2 aliphatic rings. The van der Waals surface area contributed by atoms with Crippen molar-refractivity contribution in [3.63, 3.8) is 0 Å². The summed E-state index contributed by atoms with van der Waals surface area (Å²) in [7, 11) is 0. The number of fused-ring (bicyclic) bond motifs is 1. The van der Waals surface area contributed by atoms with Crippen LogP contribution in [0.15, 0.2) is 42.9 Å². The first-order valence-corrected chi connectivity index (χ1v) is 8.23. The molecule has 2 aliphatic heterocycles. The van der Waals surface area contributed by atoms with Gasteiger partial charge in [-0.2, -0.15) is 0 Å². The molecule has 1 amide bonds. The van der Waals surface area contributed by atoms with Crippen molar-refractivity contribution >= 4 is 11.7 Å². The minimum absolute atomic E-state index is 0.0220.